The SMILES string of the molecule is O=c1ccc(N2CCCCC2CNc2nncc3ccoc23)nn1C1CCCC1O. The zero-order valence-electron chi connectivity index (χ0n) is 16.8. The van der Waals surface area contributed by atoms with Gasteiger partial charge in [0.2, 0.25) is 0 Å². The molecule has 158 valence electrons. The number of furan rings is 1. The van der Waals surface area contributed by atoms with E-state index in [2.05, 4.69) is 25.5 Å². The van der Waals surface area contributed by atoms with Crippen molar-refractivity contribution in [3.63, 3.8) is 0 Å². The predicted molar refractivity (Wildman–Crippen MR) is 113 cm³/mol. The molecular formula is C21H26N6O3. The van der Waals surface area contributed by atoms with Gasteiger partial charge >= 0.3 is 0 Å². The number of nitrogens with one attached hydrogen (secondary N) is 1. The topological polar surface area (TPSA) is 109 Å². The Kier molecular flexibility index (Phi) is 5.12. The normalized spacial score (nSPS) is 24.4. The van der Waals surface area contributed by atoms with E-state index in [1.165, 1.54) is 4.68 Å². The van der Waals surface area contributed by atoms with E-state index in [0.29, 0.717) is 17.9 Å². The van der Waals surface area contributed by atoms with Crippen molar-refractivity contribution in [1.29, 1.82) is 0 Å². The second kappa shape index (κ2) is 8.06. The summed E-state index contributed by atoms with van der Waals surface area (Å²) in [6.45, 7) is 1.54. The Morgan fingerprint density at radius 3 is 2.97 bits per heavy atom. The number of aromatic nitrogens is 4. The Balaban J connectivity index is 1.37. The van der Waals surface area contributed by atoms with Crippen LogP contribution in [-0.4, -0.2) is 50.3 Å². The van der Waals surface area contributed by atoms with Gasteiger partial charge in [-0.15, -0.1) is 5.10 Å². The number of piperidine rings is 1. The molecule has 1 saturated carbocycles. The fraction of sp³-hybridized carbons (Fsp3) is 0.524. The Hall–Kier alpha value is -2.94. The smallest absolute Gasteiger partial charge is 0.267 e. The second-order valence-corrected chi connectivity index (χ2v) is 8.16. The van der Waals surface area contributed by atoms with Gasteiger partial charge in [0.25, 0.3) is 5.56 Å². The van der Waals surface area contributed by atoms with Crippen LogP contribution in [-0.2, 0) is 0 Å². The molecule has 3 atom stereocenters. The van der Waals surface area contributed by atoms with E-state index in [0.717, 1.165) is 56.3 Å². The third kappa shape index (κ3) is 3.54. The van der Waals surface area contributed by atoms with Crippen molar-refractivity contribution in [3.05, 3.63) is 41.0 Å². The van der Waals surface area contributed by atoms with Gasteiger partial charge in [-0.2, -0.15) is 10.2 Å². The van der Waals surface area contributed by atoms with Gasteiger partial charge in [0, 0.05) is 30.6 Å². The van der Waals surface area contributed by atoms with Crippen LogP contribution in [0.4, 0.5) is 11.6 Å². The molecule has 9 nitrogen and oxygen atoms in total. The molecule has 3 unspecified atom stereocenters. The van der Waals surface area contributed by atoms with Crippen LogP contribution in [0.1, 0.15) is 44.6 Å². The van der Waals surface area contributed by atoms with E-state index in [4.69, 9.17) is 4.42 Å². The molecule has 1 aliphatic carbocycles. The largest absolute Gasteiger partial charge is 0.460 e. The number of aliphatic hydroxyl groups excluding tert-OH is 1. The summed E-state index contributed by atoms with van der Waals surface area (Å²) in [6.07, 6.45) is 8.47. The molecule has 2 N–H and O–H groups in total. The zero-order chi connectivity index (χ0) is 20.5. The van der Waals surface area contributed by atoms with Gasteiger partial charge in [-0.25, -0.2) is 4.68 Å². The van der Waals surface area contributed by atoms with Crippen molar-refractivity contribution in [2.45, 2.75) is 56.7 Å². The lowest BCUT2D eigenvalue weighted by molar-refractivity contribution is 0.127. The molecule has 0 aromatic carbocycles. The molecule has 0 spiro atoms. The molecule has 0 bridgehead atoms. The summed E-state index contributed by atoms with van der Waals surface area (Å²) < 4.78 is 7.03. The Morgan fingerprint density at radius 2 is 2.10 bits per heavy atom. The van der Waals surface area contributed by atoms with Crippen molar-refractivity contribution in [2.75, 3.05) is 23.3 Å². The summed E-state index contributed by atoms with van der Waals surface area (Å²) in [5.41, 5.74) is 0.547. The lowest BCUT2D eigenvalue weighted by atomic mass is 10.0. The molecule has 3 aromatic rings. The van der Waals surface area contributed by atoms with Crippen molar-refractivity contribution in [2.24, 2.45) is 0 Å². The average molecular weight is 410 g/mol. The summed E-state index contributed by atoms with van der Waals surface area (Å²) in [5.74, 6) is 1.41. The molecule has 0 amide bonds. The molecule has 30 heavy (non-hydrogen) atoms. The highest BCUT2D eigenvalue weighted by Gasteiger charge is 2.30. The Labute approximate surface area is 173 Å². The maximum atomic E-state index is 12.4. The quantitative estimate of drug-likeness (QED) is 0.660. The van der Waals surface area contributed by atoms with Crippen LogP contribution in [0.2, 0.25) is 0 Å². The number of aliphatic hydroxyl groups is 1. The van der Waals surface area contributed by atoms with E-state index >= 15 is 0 Å². The fourth-order valence-corrected chi connectivity index (χ4v) is 4.66. The molecular weight excluding hydrogens is 384 g/mol. The molecule has 0 radical (unpaired) electrons. The summed E-state index contributed by atoms with van der Waals surface area (Å²) >= 11 is 0. The first-order chi connectivity index (χ1) is 14.7. The van der Waals surface area contributed by atoms with Crippen molar-refractivity contribution < 1.29 is 9.52 Å². The molecule has 9 heteroatoms. The fourth-order valence-electron chi connectivity index (χ4n) is 4.66. The third-order valence-corrected chi connectivity index (χ3v) is 6.26. The highest BCUT2D eigenvalue weighted by atomic mass is 16.3. The van der Waals surface area contributed by atoms with E-state index in [1.54, 1.807) is 24.6 Å². The minimum atomic E-state index is -0.503. The minimum Gasteiger partial charge on any atom is -0.460 e. The van der Waals surface area contributed by atoms with Gasteiger partial charge in [0.15, 0.2) is 11.4 Å². The first-order valence-corrected chi connectivity index (χ1v) is 10.7. The van der Waals surface area contributed by atoms with Gasteiger partial charge in [-0.3, -0.25) is 4.79 Å². The van der Waals surface area contributed by atoms with Crippen LogP contribution in [0.25, 0.3) is 11.0 Å². The maximum absolute atomic E-state index is 12.4. The van der Waals surface area contributed by atoms with Crippen molar-refractivity contribution >= 4 is 22.6 Å². The maximum Gasteiger partial charge on any atom is 0.267 e. The second-order valence-electron chi connectivity index (χ2n) is 8.16. The molecule has 5 rings (SSSR count). The number of hydrogen-bond acceptors (Lipinski definition) is 8. The standard InChI is InChI=1S/C21H26N6O3/c28-17-6-3-5-16(17)27-19(29)8-7-18(25-27)26-10-2-1-4-15(26)13-22-21-20-14(9-11-30-20)12-23-24-21/h7-9,11-12,15-17,28H,1-6,10,13H2,(H,22,24). The Morgan fingerprint density at radius 1 is 1.17 bits per heavy atom. The monoisotopic (exact) mass is 410 g/mol. The molecule has 1 aliphatic heterocycles. The number of fused-ring (bicyclic) bond motifs is 1. The molecule has 1 saturated heterocycles. The zero-order valence-corrected chi connectivity index (χ0v) is 16.8. The lowest BCUT2D eigenvalue weighted by Crippen LogP contribution is -2.45. The summed E-state index contributed by atoms with van der Waals surface area (Å²) in [5, 5.41) is 27.4. The van der Waals surface area contributed by atoms with Gasteiger partial charge in [-0.05, 0) is 50.7 Å². The van der Waals surface area contributed by atoms with Crippen LogP contribution in [0.15, 0.2) is 39.9 Å². The number of nitrogens with zero attached hydrogens (tertiary/aromatic N) is 5. The first kappa shape index (κ1) is 19.0. The third-order valence-electron chi connectivity index (χ3n) is 6.26. The van der Waals surface area contributed by atoms with E-state index < -0.39 is 6.10 Å². The Bertz CT molecular complexity index is 1080. The highest BCUT2D eigenvalue weighted by Crippen LogP contribution is 2.30. The van der Waals surface area contributed by atoms with Crippen LogP contribution in [0.3, 0.4) is 0 Å². The van der Waals surface area contributed by atoms with Crippen LogP contribution < -0.4 is 15.8 Å². The molecule has 2 fully saturated rings. The first-order valence-electron chi connectivity index (χ1n) is 10.7. The summed E-state index contributed by atoms with van der Waals surface area (Å²) in [7, 11) is 0. The lowest BCUT2D eigenvalue weighted by Gasteiger charge is -2.37. The predicted octanol–water partition coefficient (Wildman–Crippen LogP) is 2.34. The van der Waals surface area contributed by atoms with Gasteiger partial charge < -0.3 is 19.7 Å². The average Bonchev–Trinajstić information content (AvgIpc) is 3.42. The van der Waals surface area contributed by atoms with Crippen LogP contribution in [0, 0.1) is 0 Å². The summed E-state index contributed by atoms with van der Waals surface area (Å²) in [6, 6.07) is 5.21. The van der Waals surface area contributed by atoms with E-state index in [-0.39, 0.29) is 17.6 Å². The van der Waals surface area contributed by atoms with E-state index in [9.17, 15) is 9.90 Å². The molecule has 2 aliphatic rings. The highest BCUT2D eigenvalue weighted by molar-refractivity contribution is 5.85. The number of rotatable bonds is 5. The molecule has 4 heterocycles. The molecule has 3 aromatic heterocycles. The van der Waals surface area contributed by atoms with E-state index in [1.807, 2.05) is 6.07 Å². The van der Waals surface area contributed by atoms with Gasteiger partial charge in [0.1, 0.15) is 5.82 Å². The van der Waals surface area contributed by atoms with Crippen molar-refractivity contribution in [1.82, 2.24) is 20.0 Å². The number of anilines is 2. The summed E-state index contributed by atoms with van der Waals surface area (Å²) in [4.78, 5) is 14.7. The van der Waals surface area contributed by atoms with Gasteiger partial charge in [0.05, 0.1) is 24.6 Å². The van der Waals surface area contributed by atoms with Crippen molar-refractivity contribution in [3.8, 4) is 0 Å². The minimum absolute atomic E-state index is 0.156. The number of hydrogen-bond donors (Lipinski definition) is 2. The van der Waals surface area contributed by atoms with Crippen LogP contribution >= 0.6 is 0 Å². The van der Waals surface area contributed by atoms with Gasteiger partial charge in [-0.1, -0.05) is 0 Å². The van der Waals surface area contributed by atoms with Crippen LogP contribution in [0.5, 0.6) is 0 Å².